The SMILES string of the molecule is Cc1nc(C2(c3ccccc3)CC2)sc1CC(=O)O. The summed E-state index contributed by atoms with van der Waals surface area (Å²) in [7, 11) is 0. The molecule has 0 aliphatic heterocycles. The first-order valence-electron chi connectivity index (χ1n) is 6.36. The van der Waals surface area contributed by atoms with Gasteiger partial charge in [-0.1, -0.05) is 30.3 Å². The second-order valence-electron chi connectivity index (χ2n) is 5.05. The van der Waals surface area contributed by atoms with Crippen molar-refractivity contribution in [3.63, 3.8) is 0 Å². The van der Waals surface area contributed by atoms with Gasteiger partial charge in [0.2, 0.25) is 0 Å². The van der Waals surface area contributed by atoms with Crippen molar-refractivity contribution >= 4 is 17.3 Å². The largest absolute Gasteiger partial charge is 0.481 e. The molecule has 1 aliphatic rings. The van der Waals surface area contributed by atoms with E-state index in [0.717, 1.165) is 28.4 Å². The molecule has 3 rings (SSSR count). The summed E-state index contributed by atoms with van der Waals surface area (Å²) in [5.41, 5.74) is 2.21. The third kappa shape index (κ3) is 2.16. The Balaban J connectivity index is 1.97. The van der Waals surface area contributed by atoms with Gasteiger partial charge in [-0.25, -0.2) is 4.98 Å². The fraction of sp³-hybridized carbons (Fsp3) is 0.333. The predicted molar refractivity (Wildman–Crippen MR) is 74.6 cm³/mol. The number of carboxylic acids is 1. The van der Waals surface area contributed by atoms with Gasteiger partial charge >= 0.3 is 5.97 Å². The molecule has 1 N–H and O–H groups in total. The van der Waals surface area contributed by atoms with E-state index in [9.17, 15) is 4.79 Å². The second kappa shape index (κ2) is 4.46. The molecule has 0 saturated heterocycles. The van der Waals surface area contributed by atoms with Gasteiger partial charge in [0.25, 0.3) is 0 Å². The summed E-state index contributed by atoms with van der Waals surface area (Å²) in [4.78, 5) is 16.4. The van der Waals surface area contributed by atoms with Crippen LogP contribution in [0.5, 0.6) is 0 Å². The molecule has 1 aromatic heterocycles. The highest BCUT2D eigenvalue weighted by Gasteiger charge is 2.48. The van der Waals surface area contributed by atoms with Crippen LogP contribution >= 0.6 is 11.3 Å². The average molecular weight is 273 g/mol. The highest BCUT2D eigenvalue weighted by molar-refractivity contribution is 7.12. The summed E-state index contributed by atoms with van der Waals surface area (Å²) >= 11 is 1.56. The summed E-state index contributed by atoms with van der Waals surface area (Å²) in [6.07, 6.45) is 2.29. The van der Waals surface area contributed by atoms with E-state index in [1.165, 1.54) is 5.56 Å². The van der Waals surface area contributed by atoms with Crippen LogP contribution in [-0.2, 0) is 16.6 Å². The molecule has 0 spiro atoms. The van der Waals surface area contributed by atoms with E-state index in [4.69, 9.17) is 5.11 Å². The maximum atomic E-state index is 10.8. The summed E-state index contributed by atoms with van der Waals surface area (Å²) < 4.78 is 0. The maximum absolute atomic E-state index is 10.8. The Labute approximate surface area is 115 Å². The first-order chi connectivity index (χ1) is 9.12. The van der Waals surface area contributed by atoms with E-state index in [2.05, 4.69) is 17.1 Å². The number of rotatable bonds is 4. The Hall–Kier alpha value is -1.68. The molecule has 2 aromatic rings. The van der Waals surface area contributed by atoms with Crippen LogP contribution in [0.25, 0.3) is 0 Å². The van der Waals surface area contributed by atoms with Crippen molar-refractivity contribution in [1.82, 2.24) is 4.98 Å². The van der Waals surface area contributed by atoms with Crippen molar-refractivity contribution in [1.29, 1.82) is 0 Å². The Morgan fingerprint density at radius 1 is 1.37 bits per heavy atom. The Kier molecular flexibility index (Phi) is 2.90. The number of aromatic nitrogens is 1. The van der Waals surface area contributed by atoms with Crippen molar-refractivity contribution in [2.24, 2.45) is 0 Å². The monoisotopic (exact) mass is 273 g/mol. The lowest BCUT2D eigenvalue weighted by Crippen LogP contribution is -2.07. The van der Waals surface area contributed by atoms with Gasteiger partial charge in [-0.05, 0) is 25.3 Å². The number of nitrogens with zero attached hydrogens (tertiary/aromatic N) is 1. The van der Waals surface area contributed by atoms with Gasteiger partial charge in [0.1, 0.15) is 5.01 Å². The lowest BCUT2D eigenvalue weighted by atomic mass is 9.97. The first kappa shape index (κ1) is 12.4. The molecule has 1 saturated carbocycles. The lowest BCUT2D eigenvalue weighted by Gasteiger charge is -2.11. The third-order valence-corrected chi connectivity index (χ3v) is 5.05. The first-order valence-corrected chi connectivity index (χ1v) is 7.17. The zero-order chi connectivity index (χ0) is 13.5. The number of aryl methyl sites for hydroxylation is 1. The number of carboxylic acid groups (broad SMARTS) is 1. The van der Waals surface area contributed by atoms with E-state index in [0.29, 0.717) is 0 Å². The molecular formula is C15H15NO2S. The molecule has 1 heterocycles. The molecule has 0 radical (unpaired) electrons. The molecule has 0 bridgehead atoms. The topological polar surface area (TPSA) is 50.2 Å². The van der Waals surface area contributed by atoms with Crippen LogP contribution in [0, 0.1) is 6.92 Å². The summed E-state index contributed by atoms with van der Waals surface area (Å²) in [5, 5.41) is 9.99. The lowest BCUT2D eigenvalue weighted by molar-refractivity contribution is -0.136. The van der Waals surface area contributed by atoms with Gasteiger partial charge < -0.3 is 5.11 Å². The van der Waals surface area contributed by atoms with Crippen molar-refractivity contribution in [3.05, 3.63) is 51.5 Å². The van der Waals surface area contributed by atoms with Crippen molar-refractivity contribution in [2.75, 3.05) is 0 Å². The van der Waals surface area contributed by atoms with Crippen molar-refractivity contribution in [3.8, 4) is 0 Å². The molecular weight excluding hydrogens is 258 g/mol. The number of thiazole rings is 1. The van der Waals surface area contributed by atoms with E-state index < -0.39 is 5.97 Å². The number of aliphatic carboxylic acids is 1. The fourth-order valence-corrected chi connectivity index (χ4v) is 3.76. The van der Waals surface area contributed by atoms with Crippen LogP contribution in [0.2, 0.25) is 0 Å². The summed E-state index contributed by atoms with van der Waals surface area (Å²) in [6.45, 7) is 1.90. The number of carbonyl (C=O) groups is 1. The van der Waals surface area contributed by atoms with Crippen LogP contribution in [0.15, 0.2) is 30.3 Å². The van der Waals surface area contributed by atoms with E-state index in [1.807, 2.05) is 25.1 Å². The van der Waals surface area contributed by atoms with Gasteiger partial charge in [-0.15, -0.1) is 11.3 Å². The molecule has 0 unspecified atom stereocenters. The van der Waals surface area contributed by atoms with Crippen LogP contribution in [0.3, 0.4) is 0 Å². The summed E-state index contributed by atoms with van der Waals surface area (Å²) in [6, 6.07) is 10.4. The minimum absolute atomic E-state index is 0.0490. The molecule has 1 aromatic carbocycles. The number of benzene rings is 1. The average Bonchev–Trinajstić information content (AvgIpc) is 3.12. The van der Waals surface area contributed by atoms with Gasteiger partial charge in [0.15, 0.2) is 0 Å². The van der Waals surface area contributed by atoms with Crippen LogP contribution in [0.4, 0.5) is 0 Å². The Morgan fingerprint density at radius 2 is 2.05 bits per heavy atom. The molecule has 19 heavy (non-hydrogen) atoms. The quantitative estimate of drug-likeness (QED) is 0.931. The smallest absolute Gasteiger partial charge is 0.308 e. The fourth-order valence-electron chi connectivity index (χ4n) is 2.44. The van der Waals surface area contributed by atoms with Gasteiger partial charge in [-0.2, -0.15) is 0 Å². The molecule has 98 valence electrons. The van der Waals surface area contributed by atoms with Crippen LogP contribution in [-0.4, -0.2) is 16.1 Å². The van der Waals surface area contributed by atoms with Crippen molar-refractivity contribution < 1.29 is 9.90 Å². The standard InChI is InChI=1S/C15H15NO2S/c1-10-12(9-13(17)18)19-14(16-10)15(7-8-15)11-5-3-2-4-6-11/h2-6H,7-9H2,1H3,(H,17,18). The third-order valence-electron chi connectivity index (χ3n) is 3.69. The van der Waals surface area contributed by atoms with Gasteiger partial charge in [0, 0.05) is 10.3 Å². The highest BCUT2D eigenvalue weighted by atomic mass is 32.1. The Bertz CT molecular complexity index is 614. The molecule has 4 heteroatoms. The molecule has 3 nitrogen and oxygen atoms in total. The van der Waals surface area contributed by atoms with Gasteiger partial charge in [-0.3, -0.25) is 4.79 Å². The highest BCUT2D eigenvalue weighted by Crippen LogP contribution is 2.54. The number of hydrogen-bond donors (Lipinski definition) is 1. The molecule has 1 fully saturated rings. The minimum Gasteiger partial charge on any atom is -0.481 e. The molecule has 1 aliphatic carbocycles. The maximum Gasteiger partial charge on any atom is 0.308 e. The molecule has 0 atom stereocenters. The molecule has 0 amide bonds. The normalized spacial score (nSPS) is 16.3. The second-order valence-corrected chi connectivity index (χ2v) is 6.13. The van der Waals surface area contributed by atoms with Crippen LogP contribution in [0.1, 0.15) is 34.0 Å². The predicted octanol–water partition coefficient (Wildman–Crippen LogP) is 3.16. The zero-order valence-corrected chi connectivity index (χ0v) is 11.5. The zero-order valence-electron chi connectivity index (χ0n) is 10.7. The number of hydrogen-bond acceptors (Lipinski definition) is 3. The van der Waals surface area contributed by atoms with E-state index >= 15 is 0 Å². The van der Waals surface area contributed by atoms with Gasteiger partial charge in [0.05, 0.1) is 12.1 Å². The van der Waals surface area contributed by atoms with Crippen LogP contribution < -0.4 is 0 Å². The Morgan fingerprint density at radius 3 is 2.63 bits per heavy atom. The minimum atomic E-state index is -0.789. The van der Waals surface area contributed by atoms with E-state index in [1.54, 1.807) is 11.3 Å². The van der Waals surface area contributed by atoms with Crippen molar-refractivity contribution in [2.45, 2.75) is 31.6 Å². The summed E-state index contributed by atoms with van der Waals surface area (Å²) in [5.74, 6) is -0.789. The van der Waals surface area contributed by atoms with E-state index in [-0.39, 0.29) is 11.8 Å².